The van der Waals surface area contributed by atoms with Crippen LogP contribution in [0.15, 0.2) is 36.6 Å². The minimum Gasteiger partial charge on any atom is -0.329 e. The highest BCUT2D eigenvalue weighted by Crippen LogP contribution is 2.20. The molecule has 3 heteroatoms. The van der Waals surface area contributed by atoms with Crippen LogP contribution in [0.1, 0.15) is 11.6 Å². The van der Waals surface area contributed by atoms with E-state index < -0.39 is 0 Å². The maximum atomic E-state index is 5.43. The summed E-state index contributed by atoms with van der Waals surface area (Å²) in [5.74, 6) is 0.360. The summed E-state index contributed by atoms with van der Waals surface area (Å²) in [5, 5.41) is 4.42. The fraction of sp³-hybridized carbons (Fsp3) is 0.300. The molecule has 1 aromatic heterocycles. The molecule has 0 amide bonds. The van der Waals surface area contributed by atoms with Crippen molar-refractivity contribution in [2.75, 3.05) is 6.54 Å². The Kier molecular flexibility index (Phi) is 2.27. The van der Waals surface area contributed by atoms with Crippen molar-refractivity contribution in [3.05, 3.63) is 42.3 Å². The van der Waals surface area contributed by atoms with Crippen molar-refractivity contribution in [1.29, 1.82) is 0 Å². The molecule has 1 aromatic rings. The van der Waals surface area contributed by atoms with Gasteiger partial charge in [0.05, 0.1) is 12.2 Å². The van der Waals surface area contributed by atoms with Gasteiger partial charge in [-0.1, -0.05) is 24.3 Å². The summed E-state index contributed by atoms with van der Waals surface area (Å²) in [4.78, 5) is 0. The van der Waals surface area contributed by atoms with Crippen LogP contribution in [0.5, 0.6) is 0 Å². The lowest BCUT2D eigenvalue weighted by atomic mass is 10.1. The first-order valence-electron chi connectivity index (χ1n) is 4.48. The summed E-state index contributed by atoms with van der Waals surface area (Å²) in [6, 6.07) is 2.04. The van der Waals surface area contributed by atoms with E-state index in [9.17, 15) is 0 Å². The van der Waals surface area contributed by atoms with Crippen LogP contribution < -0.4 is 5.73 Å². The van der Waals surface area contributed by atoms with Crippen molar-refractivity contribution in [2.45, 2.75) is 12.5 Å². The molecule has 13 heavy (non-hydrogen) atoms. The lowest BCUT2D eigenvalue weighted by Gasteiger charge is -2.00. The van der Waals surface area contributed by atoms with E-state index in [1.165, 1.54) is 0 Å². The van der Waals surface area contributed by atoms with Crippen molar-refractivity contribution < 1.29 is 0 Å². The number of rotatable bonds is 3. The van der Waals surface area contributed by atoms with E-state index in [1.54, 1.807) is 0 Å². The maximum absolute atomic E-state index is 5.43. The molecule has 0 fully saturated rings. The maximum Gasteiger partial charge on any atom is 0.0731 e. The number of nitrogens with zero attached hydrogens (tertiary/aromatic N) is 2. The van der Waals surface area contributed by atoms with E-state index in [-0.39, 0.29) is 0 Å². The first-order valence-corrected chi connectivity index (χ1v) is 4.48. The molecule has 2 N–H and O–H groups in total. The van der Waals surface area contributed by atoms with Gasteiger partial charge in [0.2, 0.25) is 0 Å². The molecule has 0 atom stereocenters. The highest BCUT2D eigenvalue weighted by molar-refractivity contribution is 5.29. The minimum atomic E-state index is 0.360. The van der Waals surface area contributed by atoms with Gasteiger partial charge in [0.1, 0.15) is 0 Å². The van der Waals surface area contributed by atoms with Crippen molar-refractivity contribution >= 4 is 0 Å². The molecule has 1 aliphatic carbocycles. The van der Waals surface area contributed by atoms with Crippen molar-refractivity contribution in [2.24, 2.45) is 5.73 Å². The number of hydrogen-bond donors (Lipinski definition) is 1. The van der Waals surface area contributed by atoms with Gasteiger partial charge in [-0.25, -0.2) is 0 Å². The number of hydrogen-bond acceptors (Lipinski definition) is 2. The number of aromatic nitrogens is 2. The Morgan fingerprint density at radius 1 is 1.38 bits per heavy atom. The molecule has 1 aliphatic rings. The quantitative estimate of drug-likeness (QED) is 0.746. The molecular weight excluding hydrogens is 162 g/mol. The van der Waals surface area contributed by atoms with Gasteiger partial charge >= 0.3 is 0 Å². The highest BCUT2D eigenvalue weighted by atomic mass is 15.3. The molecule has 0 spiro atoms. The Bertz CT molecular complexity index is 324. The van der Waals surface area contributed by atoms with Crippen LogP contribution in [-0.4, -0.2) is 16.3 Å². The van der Waals surface area contributed by atoms with Crippen molar-refractivity contribution in [3.8, 4) is 0 Å². The summed E-state index contributed by atoms with van der Waals surface area (Å²) in [6.45, 7) is 1.43. The topological polar surface area (TPSA) is 43.8 Å². The van der Waals surface area contributed by atoms with Crippen LogP contribution in [0.4, 0.5) is 0 Å². The second-order valence-corrected chi connectivity index (χ2v) is 3.09. The SMILES string of the molecule is NCCn1ccc(C2C=CC=C2)n1. The van der Waals surface area contributed by atoms with Gasteiger partial charge in [0, 0.05) is 18.7 Å². The van der Waals surface area contributed by atoms with Gasteiger partial charge in [-0.2, -0.15) is 5.10 Å². The second kappa shape index (κ2) is 3.58. The zero-order valence-electron chi connectivity index (χ0n) is 7.43. The Morgan fingerprint density at radius 2 is 2.15 bits per heavy atom. The molecule has 1 heterocycles. The first-order chi connectivity index (χ1) is 6.40. The monoisotopic (exact) mass is 175 g/mol. The van der Waals surface area contributed by atoms with Crippen LogP contribution in [0.25, 0.3) is 0 Å². The molecule has 68 valence electrons. The Balaban J connectivity index is 2.13. The van der Waals surface area contributed by atoms with E-state index in [1.807, 2.05) is 29.1 Å². The molecular formula is C10H13N3. The van der Waals surface area contributed by atoms with Gasteiger partial charge in [0.25, 0.3) is 0 Å². The zero-order chi connectivity index (χ0) is 9.10. The molecule has 0 aliphatic heterocycles. The van der Waals surface area contributed by atoms with Crippen molar-refractivity contribution in [3.63, 3.8) is 0 Å². The Morgan fingerprint density at radius 3 is 2.85 bits per heavy atom. The van der Waals surface area contributed by atoms with Crippen LogP contribution >= 0.6 is 0 Å². The summed E-state index contributed by atoms with van der Waals surface area (Å²) < 4.78 is 1.88. The standard InChI is InChI=1S/C10H13N3/c11-6-8-13-7-5-10(12-13)9-3-1-2-4-9/h1-5,7,9H,6,8,11H2. The molecule has 0 unspecified atom stereocenters. The average Bonchev–Trinajstić information content (AvgIpc) is 2.70. The van der Waals surface area contributed by atoms with E-state index in [4.69, 9.17) is 5.73 Å². The summed E-state index contributed by atoms with van der Waals surface area (Å²) in [5.41, 5.74) is 6.53. The van der Waals surface area contributed by atoms with E-state index in [2.05, 4.69) is 17.3 Å². The minimum absolute atomic E-state index is 0.360. The number of nitrogens with two attached hydrogens (primary N) is 1. The average molecular weight is 175 g/mol. The van der Waals surface area contributed by atoms with Gasteiger partial charge in [-0.15, -0.1) is 0 Å². The fourth-order valence-electron chi connectivity index (χ4n) is 1.44. The van der Waals surface area contributed by atoms with Gasteiger partial charge in [-0.3, -0.25) is 4.68 Å². The largest absolute Gasteiger partial charge is 0.329 e. The lowest BCUT2D eigenvalue weighted by Crippen LogP contribution is -2.10. The lowest BCUT2D eigenvalue weighted by molar-refractivity contribution is 0.615. The predicted octanol–water partition coefficient (Wildman–Crippen LogP) is 1.05. The molecule has 2 rings (SSSR count). The predicted molar refractivity (Wildman–Crippen MR) is 52.3 cm³/mol. The van der Waals surface area contributed by atoms with Crippen molar-refractivity contribution in [1.82, 2.24) is 9.78 Å². The van der Waals surface area contributed by atoms with Crippen LogP contribution in [0.2, 0.25) is 0 Å². The third-order valence-corrected chi connectivity index (χ3v) is 2.11. The third kappa shape index (κ3) is 1.70. The molecule has 0 aromatic carbocycles. The zero-order valence-corrected chi connectivity index (χ0v) is 7.43. The molecule has 3 nitrogen and oxygen atoms in total. The van der Waals surface area contributed by atoms with E-state index in [0.717, 1.165) is 12.2 Å². The smallest absolute Gasteiger partial charge is 0.0731 e. The molecule has 0 saturated heterocycles. The summed E-state index contributed by atoms with van der Waals surface area (Å²) in [6.07, 6.45) is 10.3. The Labute approximate surface area is 77.5 Å². The summed E-state index contributed by atoms with van der Waals surface area (Å²) >= 11 is 0. The number of allylic oxidation sites excluding steroid dienone is 4. The fourth-order valence-corrected chi connectivity index (χ4v) is 1.44. The van der Waals surface area contributed by atoms with Gasteiger partial charge < -0.3 is 5.73 Å². The molecule has 0 bridgehead atoms. The third-order valence-electron chi connectivity index (χ3n) is 2.11. The van der Waals surface area contributed by atoms with E-state index >= 15 is 0 Å². The van der Waals surface area contributed by atoms with Gasteiger partial charge in [0.15, 0.2) is 0 Å². The second-order valence-electron chi connectivity index (χ2n) is 3.09. The van der Waals surface area contributed by atoms with E-state index in [0.29, 0.717) is 12.5 Å². The van der Waals surface area contributed by atoms with Crippen LogP contribution in [0, 0.1) is 0 Å². The normalized spacial score (nSPS) is 15.8. The first kappa shape index (κ1) is 8.26. The van der Waals surface area contributed by atoms with Gasteiger partial charge in [-0.05, 0) is 6.07 Å². The summed E-state index contributed by atoms with van der Waals surface area (Å²) in [7, 11) is 0. The highest BCUT2D eigenvalue weighted by Gasteiger charge is 2.09. The molecule has 0 radical (unpaired) electrons. The molecule has 0 saturated carbocycles. The Hall–Kier alpha value is -1.35. The van der Waals surface area contributed by atoms with Crippen LogP contribution in [0.3, 0.4) is 0 Å². The van der Waals surface area contributed by atoms with Crippen LogP contribution in [-0.2, 0) is 6.54 Å².